The minimum atomic E-state index is -3.74. The van der Waals surface area contributed by atoms with Crippen LogP contribution in [0.2, 0.25) is 5.02 Å². The Labute approximate surface area is 162 Å². The smallest absolute Gasteiger partial charge is 0.312 e. The van der Waals surface area contributed by atoms with Crippen LogP contribution in [-0.4, -0.2) is 34.2 Å². The van der Waals surface area contributed by atoms with E-state index >= 15 is 0 Å². The van der Waals surface area contributed by atoms with Crippen molar-refractivity contribution in [2.75, 3.05) is 19.8 Å². The van der Waals surface area contributed by atoms with Crippen LogP contribution in [0.3, 0.4) is 0 Å². The quantitative estimate of drug-likeness (QED) is 0.576. The van der Waals surface area contributed by atoms with Crippen molar-refractivity contribution in [3.05, 3.63) is 53.1 Å². The second kappa shape index (κ2) is 8.16. The Balaban J connectivity index is 1.45. The third-order valence-corrected chi connectivity index (χ3v) is 5.18. The molecule has 0 saturated carbocycles. The highest BCUT2D eigenvalue weighted by Gasteiger charge is 2.27. The molecule has 0 radical (unpaired) electrons. The average Bonchev–Trinajstić information content (AvgIpc) is 2.64. The molecular weight excluding hydrogens is 394 g/mol. The number of carbonyl (C=O) groups excluding carboxylic acids is 1. The lowest BCUT2D eigenvalue weighted by molar-refractivity contribution is -0.150. The number of halogens is 1. The fraction of sp³-hybridized carbons (Fsp3) is 0.278. The Bertz CT molecular complexity index is 929. The number of fused-ring (bicyclic) bond motifs is 1. The molecular formula is C18H18ClNO6S. The highest BCUT2D eigenvalue weighted by Crippen LogP contribution is 2.30. The zero-order valence-electron chi connectivity index (χ0n) is 14.3. The van der Waals surface area contributed by atoms with Gasteiger partial charge in [0.1, 0.15) is 31.3 Å². The molecule has 2 aromatic carbocycles. The molecule has 0 spiro atoms. The predicted octanol–water partition coefficient (Wildman–Crippen LogP) is 2.16. The largest absolute Gasteiger partial charge is 0.492 e. The minimum Gasteiger partial charge on any atom is -0.492 e. The third kappa shape index (κ3) is 5.12. The van der Waals surface area contributed by atoms with Gasteiger partial charge in [-0.3, -0.25) is 4.79 Å². The van der Waals surface area contributed by atoms with Gasteiger partial charge < -0.3 is 14.2 Å². The first-order chi connectivity index (χ1) is 12.8. The van der Waals surface area contributed by atoms with E-state index in [-0.39, 0.29) is 30.7 Å². The fourth-order valence-corrected chi connectivity index (χ4v) is 3.37. The van der Waals surface area contributed by atoms with Crippen LogP contribution in [0.4, 0.5) is 0 Å². The summed E-state index contributed by atoms with van der Waals surface area (Å²) in [5, 5.41) is 5.62. The number of esters is 1. The number of hydrogen-bond donors (Lipinski definition) is 1. The molecule has 0 amide bonds. The predicted molar refractivity (Wildman–Crippen MR) is 98.4 cm³/mol. The van der Waals surface area contributed by atoms with Crippen molar-refractivity contribution in [2.24, 2.45) is 11.1 Å². The second-order valence-corrected chi connectivity index (χ2v) is 7.99. The molecule has 27 heavy (non-hydrogen) atoms. The van der Waals surface area contributed by atoms with E-state index in [9.17, 15) is 13.2 Å². The summed E-state index contributed by atoms with van der Waals surface area (Å²) < 4.78 is 38.6. The Hall–Kier alpha value is -2.29. The van der Waals surface area contributed by atoms with Gasteiger partial charge in [-0.05, 0) is 54.4 Å². The van der Waals surface area contributed by atoms with Crippen LogP contribution in [0, 0.1) is 5.92 Å². The van der Waals surface area contributed by atoms with Crippen molar-refractivity contribution in [1.82, 2.24) is 0 Å². The van der Waals surface area contributed by atoms with Gasteiger partial charge in [-0.15, -0.1) is 0 Å². The number of benzene rings is 2. The highest BCUT2D eigenvalue weighted by molar-refractivity contribution is 7.89. The Morgan fingerprint density at radius 2 is 1.93 bits per heavy atom. The first kappa shape index (κ1) is 19.5. The van der Waals surface area contributed by atoms with Crippen LogP contribution in [0.1, 0.15) is 5.56 Å². The summed E-state index contributed by atoms with van der Waals surface area (Å²) in [4.78, 5) is 12.2. The number of hydrogen-bond acceptors (Lipinski definition) is 6. The van der Waals surface area contributed by atoms with E-state index in [4.69, 9.17) is 31.0 Å². The summed E-state index contributed by atoms with van der Waals surface area (Å²) >= 11 is 5.97. The summed E-state index contributed by atoms with van der Waals surface area (Å²) in [5.41, 5.74) is 0.877. The van der Waals surface area contributed by atoms with Gasteiger partial charge >= 0.3 is 5.97 Å². The SMILES string of the molecule is NS(=O)(=O)c1ccc(OCCOC(=O)[C@H]2COc3ccc(Cl)cc3C2)cc1. The molecule has 144 valence electrons. The van der Waals surface area contributed by atoms with E-state index in [1.54, 1.807) is 18.2 Å². The lowest BCUT2D eigenvalue weighted by Gasteiger charge is -2.24. The van der Waals surface area contributed by atoms with E-state index < -0.39 is 15.9 Å². The zero-order chi connectivity index (χ0) is 19.4. The van der Waals surface area contributed by atoms with Gasteiger partial charge in [-0.25, -0.2) is 13.6 Å². The van der Waals surface area contributed by atoms with Gasteiger partial charge in [0.05, 0.1) is 10.8 Å². The maximum absolute atomic E-state index is 12.2. The fourth-order valence-electron chi connectivity index (χ4n) is 2.66. The molecule has 0 aromatic heterocycles. The number of carbonyl (C=O) groups is 1. The van der Waals surface area contributed by atoms with Crippen LogP contribution in [0.5, 0.6) is 11.5 Å². The highest BCUT2D eigenvalue weighted by atomic mass is 35.5. The first-order valence-electron chi connectivity index (χ1n) is 8.16. The van der Waals surface area contributed by atoms with Crippen LogP contribution in [0.15, 0.2) is 47.4 Å². The van der Waals surface area contributed by atoms with Gasteiger partial charge in [0.2, 0.25) is 10.0 Å². The van der Waals surface area contributed by atoms with Gasteiger partial charge in [-0.1, -0.05) is 11.6 Å². The molecule has 1 aliphatic rings. The summed E-state index contributed by atoms with van der Waals surface area (Å²) in [6.45, 7) is 0.453. The molecule has 0 saturated heterocycles. The second-order valence-electron chi connectivity index (χ2n) is 6.00. The van der Waals surface area contributed by atoms with Crippen LogP contribution in [0.25, 0.3) is 0 Å². The molecule has 7 nitrogen and oxygen atoms in total. The molecule has 2 aromatic rings. The van der Waals surface area contributed by atoms with Crippen LogP contribution in [-0.2, 0) is 26.0 Å². The molecule has 3 rings (SSSR count). The molecule has 1 atom stereocenters. The van der Waals surface area contributed by atoms with Crippen molar-refractivity contribution in [3.8, 4) is 11.5 Å². The topological polar surface area (TPSA) is 105 Å². The molecule has 0 unspecified atom stereocenters. The van der Waals surface area contributed by atoms with Crippen molar-refractivity contribution >= 4 is 27.6 Å². The Morgan fingerprint density at radius 1 is 1.19 bits per heavy atom. The molecule has 0 fully saturated rings. The van der Waals surface area contributed by atoms with E-state index in [0.717, 1.165) is 11.3 Å². The van der Waals surface area contributed by atoms with Crippen molar-refractivity contribution in [3.63, 3.8) is 0 Å². The first-order valence-corrected chi connectivity index (χ1v) is 10.1. The maximum Gasteiger partial charge on any atom is 0.312 e. The van der Waals surface area contributed by atoms with Crippen LogP contribution < -0.4 is 14.6 Å². The summed E-state index contributed by atoms with van der Waals surface area (Å²) in [6, 6.07) is 11.0. The summed E-state index contributed by atoms with van der Waals surface area (Å²) in [5.74, 6) is 0.413. The van der Waals surface area contributed by atoms with Gasteiger partial charge in [0, 0.05) is 5.02 Å². The maximum atomic E-state index is 12.2. The molecule has 9 heteroatoms. The van der Waals surface area contributed by atoms with Crippen molar-refractivity contribution in [1.29, 1.82) is 0 Å². The van der Waals surface area contributed by atoms with Crippen molar-refractivity contribution < 1.29 is 27.4 Å². The minimum absolute atomic E-state index is 0.000962. The number of rotatable bonds is 6. The molecule has 2 N–H and O–H groups in total. The standard InChI is InChI=1S/C18H18ClNO6S/c19-14-1-6-17-12(10-14)9-13(11-26-17)18(21)25-8-7-24-15-2-4-16(5-3-15)27(20,22)23/h1-6,10,13H,7-9,11H2,(H2,20,22,23)/t13-/m1/s1. The number of sulfonamides is 1. The normalized spacial score (nSPS) is 16.1. The molecule has 1 heterocycles. The van der Waals surface area contributed by atoms with Gasteiger partial charge in [0.25, 0.3) is 0 Å². The average molecular weight is 412 g/mol. The molecule has 1 aliphatic heterocycles. The summed E-state index contributed by atoms with van der Waals surface area (Å²) in [7, 11) is -3.74. The van der Waals surface area contributed by atoms with Gasteiger partial charge in [-0.2, -0.15) is 0 Å². The number of primary sulfonamides is 1. The third-order valence-electron chi connectivity index (χ3n) is 4.01. The van der Waals surface area contributed by atoms with Gasteiger partial charge in [0.15, 0.2) is 0 Å². The number of nitrogens with two attached hydrogens (primary N) is 1. The van der Waals surface area contributed by atoms with E-state index in [1.165, 1.54) is 24.3 Å². The Morgan fingerprint density at radius 3 is 2.63 bits per heavy atom. The monoisotopic (exact) mass is 411 g/mol. The van der Waals surface area contributed by atoms with Crippen molar-refractivity contribution in [2.45, 2.75) is 11.3 Å². The van der Waals surface area contributed by atoms with Crippen LogP contribution >= 0.6 is 11.6 Å². The lowest BCUT2D eigenvalue weighted by atomic mass is 9.97. The van der Waals surface area contributed by atoms with E-state index in [2.05, 4.69) is 0 Å². The van der Waals surface area contributed by atoms with E-state index in [0.29, 0.717) is 17.2 Å². The zero-order valence-corrected chi connectivity index (χ0v) is 15.8. The summed E-state index contributed by atoms with van der Waals surface area (Å²) in [6.07, 6.45) is 0.505. The molecule has 0 aliphatic carbocycles. The number of ether oxygens (including phenoxy) is 3. The lowest BCUT2D eigenvalue weighted by Crippen LogP contribution is -2.30. The van der Waals surface area contributed by atoms with E-state index in [1.807, 2.05) is 0 Å². The molecule has 0 bridgehead atoms. The Kier molecular flexibility index (Phi) is 5.88.